The van der Waals surface area contributed by atoms with Gasteiger partial charge in [0, 0.05) is 11.1 Å². The number of ketones is 1. The van der Waals surface area contributed by atoms with E-state index < -0.39 is 28.7 Å². The number of aromatic nitrogens is 2. The van der Waals surface area contributed by atoms with Gasteiger partial charge >= 0.3 is 0 Å². The molecule has 36 heavy (non-hydrogen) atoms. The number of anilines is 1. The van der Waals surface area contributed by atoms with Gasteiger partial charge in [0.05, 0.1) is 24.7 Å². The van der Waals surface area contributed by atoms with E-state index in [-0.39, 0.29) is 23.2 Å². The summed E-state index contributed by atoms with van der Waals surface area (Å²) in [5, 5.41) is 6.29. The summed E-state index contributed by atoms with van der Waals surface area (Å²) in [6.07, 6.45) is 2.64. The third-order valence-corrected chi connectivity index (χ3v) is 5.31. The number of oxime groups is 1. The molecule has 1 aliphatic rings. The number of amides is 1. The van der Waals surface area contributed by atoms with Crippen molar-refractivity contribution in [3.8, 4) is 17.0 Å². The summed E-state index contributed by atoms with van der Waals surface area (Å²) >= 11 is 0. The lowest BCUT2D eigenvalue weighted by Crippen LogP contribution is -2.33. The molecule has 0 atom stereocenters. The topological polar surface area (TPSA) is 103 Å². The van der Waals surface area contributed by atoms with E-state index in [1.165, 1.54) is 18.5 Å². The lowest BCUT2D eigenvalue weighted by molar-refractivity contribution is -0.128. The summed E-state index contributed by atoms with van der Waals surface area (Å²) in [7, 11) is 0. The van der Waals surface area contributed by atoms with Crippen molar-refractivity contribution in [3.63, 3.8) is 0 Å². The Morgan fingerprint density at radius 3 is 2.42 bits per heavy atom. The number of ether oxygens (including phenoxy) is 1. The van der Waals surface area contributed by atoms with Crippen LogP contribution in [0.2, 0.25) is 0 Å². The molecule has 0 aliphatic carbocycles. The lowest BCUT2D eigenvalue weighted by Gasteiger charge is -2.15. The van der Waals surface area contributed by atoms with Crippen molar-refractivity contribution in [3.05, 3.63) is 71.6 Å². The highest BCUT2D eigenvalue weighted by Crippen LogP contribution is 2.32. The second kappa shape index (κ2) is 9.80. The van der Waals surface area contributed by atoms with Crippen molar-refractivity contribution in [2.75, 3.05) is 11.9 Å². The predicted octanol–water partition coefficient (Wildman–Crippen LogP) is 4.79. The molecule has 0 saturated heterocycles. The van der Waals surface area contributed by atoms with Gasteiger partial charge in [-0.05, 0) is 50.1 Å². The molecule has 0 saturated carbocycles. The molecular formula is C26H24F2N4O4. The third-order valence-electron chi connectivity index (χ3n) is 5.31. The molecule has 186 valence electrons. The Morgan fingerprint density at radius 2 is 1.83 bits per heavy atom. The molecule has 0 bridgehead atoms. The van der Waals surface area contributed by atoms with Gasteiger partial charge in [-0.25, -0.2) is 13.8 Å². The van der Waals surface area contributed by atoms with Crippen LogP contribution in [0.15, 0.2) is 53.9 Å². The number of nitrogens with zero attached hydrogens (tertiary/aromatic N) is 3. The largest absolute Gasteiger partial charge is 0.493 e. The molecule has 1 aromatic heterocycles. The van der Waals surface area contributed by atoms with Crippen LogP contribution in [0, 0.1) is 17.6 Å². The van der Waals surface area contributed by atoms with Gasteiger partial charge < -0.3 is 14.9 Å². The van der Waals surface area contributed by atoms with Crippen molar-refractivity contribution >= 4 is 23.2 Å². The first-order valence-corrected chi connectivity index (χ1v) is 11.2. The number of halogens is 2. The van der Waals surface area contributed by atoms with Crippen LogP contribution in [0.5, 0.6) is 5.75 Å². The van der Waals surface area contributed by atoms with Crippen LogP contribution < -0.4 is 10.1 Å². The Kier molecular flexibility index (Phi) is 6.78. The van der Waals surface area contributed by atoms with E-state index in [0.29, 0.717) is 29.2 Å². The fourth-order valence-corrected chi connectivity index (χ4v) is 3.40. The Hall–Kier alpha value is -4.21. The SMILES string of the molecule is CC(C)COc1ccc(C2=NOC(C)(C)C2=O)cc1-c1cnc(NC(=O)c2c(F)cccc2F)cn1. The zero-order chi connectivity index (χ0) is 26.0. The number of carbonyl (C=O) groups is 2. The number of hydrogen-bond donors (Lipinski definition) is 1. The average molecular weight is 494 g/mol. The second-order valence-corrected chi connectivity index (χ2v) is 9.12. The number of Topliss-reactive ketones (excluding diaryl/α,β-unsaturated/α-hetero) is 1. The maximum atomic E-state index is 13.9. The first-order valence-electron chi connectivity index (χ1n) is 11.2. The Labute approximate surface area is 206 Å². The van der Waals surface area contributed by atoms with Gasteiger partial charge in [0.25, 0.3) is 5.91 Å². The van der Waals surface area contributed by atoms with Crippen molar-refractivity contribution in [2.45, 2.75) is 33.3 Å². The van der Waals surface area contributed by atoms with Crippen molar-refractivity contribution in [1.29, 1.82) is 0 Å². The number of rotatable bonds is 7. The molecule has 3 aromatic rings. The normalized spacial score (nSPS) is 14.4. The maximum Gasteiger partial charge on any atom is 0.262 e. The minimum Gasteiger partial charge on any atom is -0.493 e. The van der Waals surface area contributed by atoms with Gasteiger partial charge in [0.15, 0.2) is 17.1 Å². The van der Waals surface area contributed by atoms with Crippen molar-refractivity contribution in [2.24, 2.45) is 11.1 Å². The summed E-state index contributed by atoms with van der Waals surface area (Å²) in [5.74, 6) is -2.45. The summed E-state index contributed by atoms with van der Waals surface area (Å²) in [5.41, 5.74) is -0.143. The van der Waals surface area contributed by atoms with E-state index in [1.54, 1.807) is 32.0 Å². The van der Waals surface area contributed by atoms with Crippen LogP contribution in [-0.2, 0) is 9.63 Å². The number of hydrogen-bond acceptors (Lipinski definition) is 7. The van der Waals surface area contributed by atoms with Crippen LogP contribution in [0.25, 0.3) is 11.3 Å². The molecule has 0 spiro atoms. The molecule has 0 fully saturated rings. The zero-order valence-electron chi connectivity index (χ0n) is 20.1. The molecule has 2 aromatic carbocycles. The predicted molar refractivity (Wildman–Crippen MR) is 129 cm³/mol. The van der Waals surface area contributed by atoms with Crippen LogP contribution in [0.3, 0.4) is 0 Å². The summed E-state index contributed by atoms with van der Waals surface area (Å²) < 4.78 is 33.8. The molecule has 4 rings (SSSR count). The number of carbonyl (C=O) groups excluding carboxylic acids is 2. The zero-order valence-corrected chi connectivity index (χ0v) is 20.1. The lowest BCUT2D eigenvalue weighted by atomic mass is 9.94. The molecule has 8 nitrogen and oxygen atoms in total. The fourth-order valence-electron chi connectivity index (χ4n) is 3.40. The molecule has 0 unspecified atom stereocenters. The van der Waals surface area contributed by atoms with E-state index in [4.69, 9.17) is 9.57 Å². The van der Waals surface area contributed by atoms with Crippen LogP contribution >= 0.6 is 0 Å². The highest BCUT2D eigenvalue weighted by atomic mass is 19.1. The number of nitrogens with one attached hydrogen (secondary N) is 1. The minimum absolute atomic E-state index is 0.00213. The molecule has 2 heterocycles. The second-order valence-electron chi connectivity index (χ2n) is 9.12. The molecule has 0 radical (unpaired) electrons. The third kappa shape index (κ3) is 5.07. The van der Waals surface area contributed by atoms with Gasteiger partial charge in [-0.2, -0.15) is 0 Å². The highest BCUT2D eigenvalue weighted by molar-refractivity contribution is 6.49. The van der Waals surface area contributed by atoms with Gasteiger partial charge in [-0.1, -0.05) is 25.1 Å². The van der Waals surface area contributed by atoms with Gasteiger partial charge in [0.2, 0.25) is 5.78 Å². The Balaban J connectivity index is 1.64. The maximum absolute atomic E-state index is 13.9. The van der Waals surface area contributed by atoms with E-state index in [0.717, 1.165) is 12.1 Å². The van der Waals surface area contributed by atoms with E-state index in [2.05, 4.69) is 20.4 Å². The van der Waals surface area contributed by atoms with Crippen LogP contribution in [0.1, 0.15) is 43.6 Å². The van der Waals surface area contributed by atoms with Crippen molar-refractivity contribution < 1.29 is 27.9 Å². The minimum atomic E-state index is -1.06. The van der Waals surface area contributed by atoms with Gasteiger partial charge in [-0.15, -0.1) is 0 Å². The number of benzene rings is 2. The first kappa shape index (κ1) is 24.9. The molecule has 1 N–H and O–H groups in total. The molecule has 10 heteroatoms. The van der Waals surface area contributed by atoms with E-state index in [9.17, 15) is 18.4 Å². The Bertz CT molecular complexity index is 1330. The molecular weight excluding hydrogens is 470 g/mol. The fraction of sp³-hybridized carbons (Fsp3) is 0.269. The van der Waals surface area contributed by atoms with Crippen molar-refractivity contribution in [1.82, 2.24) is 9.97 Å². The van der Waals surface area contributed by atoms with Gasteiger partial charge in [-0.3, -0.25) is 14.6 Å². The van der Waals surface area contributed by atoms with E-state index >= 15 is 0 Å². The standard InChI is InChI=1S/C26H24F2N4O4/c1-14(2)13-35-20-9-8-15(23-24(33)26(3,4)36-32-23)10-16(20)19-11-30-21(12-29-19)31-25(34)22-17(27)6-5-7-18(22)28/h5-12,14H,13H2,1-4H3,(H,30,31,34). The van der Waals surface area contributed by atoms with Crippen LogP contribution in [-0.4, -0.2) is 39.6 Å². The molecule has 1 aliphatic heterocycles. The van der Waals surface area contributed by atoms with Crippen LogP contribution in [0.4, 0.5) is 14.6 Å². The quantitative estimate of drug-likeness (QED) is 0.507. The monoisotopic (exact) mass is 494 g/mol. The van der Waals surface area contributed by atoms with E-state index in [1.807, 2.05) is 13.8 Å². The first-order chi connectivity index (χ1) is 17.1. The average Bonchev–Trinajstić information content (AvgIpc) is 3.10. The highest BCUT2D eigenvalue weighted by Gasteiger charge is 2.40. The smallest absolute Gasteiger partial charge is 0.262 e. The summed E-state index contributed by atoms with van der Waals surface area (Å²) in [6, 6.07) is 8.28. The van der Waals surface area contributed by atoms with Gasteiger partial charge in [0.1, 0.15) is 22.9 Å². The molecule has 1 amide bonds. The Morgan fingerprint density at radius 1 is 1.11 bits per heavy atom. The summed E-state index contributed by atoms with van der Waals surface area (Å²) in [6.45, 7) is 7.74. The summed E-state index contributed by atoms with van der Waals surface area (Å²) in [4.78, 5) is 38.8.